The number of hydrogen-bond donors (Lipinski definition) is 0. The predicted octanol–water partition coefficient (Wildman–Crippen LogP) is 14.4. The van der Waals surface area contributed by atoms with Crippen LogP contribution in [0.2, 0.25) is 0 Å². The lowest BCUT2D eigenvalue weighted by molar-refractivity contribution is 0.794. The van der Waals surface area contributed by atoms with E-state index in [-0.39, 0.29) is 5.41 Å². The Morgan fingerprint density at radius 3 is 1.23 bits per heavy atom. The van der Waals surface area contributed by atoms with Gasteiger partial charge in [0.15, 0.2) is 0 Å². The minimum Gasteiger partial charge on any atom is -0.256 e. The van der Waals surface area contributed by atoms with Crippen LogP contribution in [0.25, 0.3) is 88.4 Å². The van der Waals surface area contributed by atoms with Crippen LogP contribution in [0.5, 0.6) is 0 Å². The summed E-state index contributed by atoms with van der Waals surface area (Å²) in [6, 6.07) is 75.8. The maximum absolute atomic E-state index is 5.08. The van der Waals surface area contributed by atoms with Crippen LogP contribution < -0.4 is 0 Å². The highest BCUT2D eigenvalue weighted by molar-refractivity contribution is 6.21. The molecule has 0 amide bonds. The molecule has 0 saturated heterocycles. The average Bonchev–Trinajstić information content (AvgIpc) is 3.76. The van der Waals surface area contributed by atoms with E-state index in [1.807, 2.05) is 0 Å². The lowest BCUT2D eigenvalue weighted by atomic mass is 9.70. The molecular formula is C56H35N. The Labute approximate surface area is 332 Å². The molecule has 0 saturated carbocycles. The van der Waals surface area contributed by atoms with Gasteiger partial charge in [0.25, 0.3) is 0 Å². The van der Waals surface area contributed by atoms with Gasteiger partial charge in [0.05, 0.1) is 11.1 Å². The van der Waals surface area contributed by atoms with Gasteiger partial charge in [-0.25, -0.2) is 0 Å². The van der Waals surface area contributed by atoms with Gasteiger partial charge in [-0.3, -0.25) is 4.98 Å². The third-order valence-electron chi connectivity index (χ3n) is 12.6. The first-order valence-electron chi connectivity index (χ1n) is 19.8. The Morgan fingerprint density at radius 1 is 0.281 bits per heavy atom. The minimum atomic E-state index is -0.348. The van der Waals surface area contributed by atoms with Gasteiger partial charge < -0.3 is 0 Å². The summed E-state index contributed by atoms with van der Waals surface area (Å²) in [5.41, 5.74) is 19.7. The summed E-state index contributed by atoms with van der Waals surface area (Å²) < 4.78 is 0. The third kappa shape index (κ3) is 4.54. The van der Waals surface area contributed by atoms with E-state index in [1.165, 1.54) is 93.9 Å². The largest absolute Gasteiger partial charge is 0.256 e. The van der Waals surface area contributed by atoms with E-state index in [0.29, 0.717) is 0 Å². The lowest BCUT2D eigenvalue weighted by Gasteiger charge is -2.30. The summed E-state index contributed by atoms with van der Waals surface area (Å²) in [7, 11) is 0. The fourth-order valence-electron chi connectivity index (χ4n) is 10.2. The standard InChI is InChI=1S/C56H35N/c1-2-14-38(15-3-1)54-45-19-4-6-21-47(45)55(48-22-7-5-20-46(48)54)40-31-33-53(57-35-40)37-28-26-36(27-29-37)39-30-32-44-43-18-10-13-25-51(43)56(52(44)34-39)49-23-11-8-16-41(49)42-17-9-12-24-50(42)56/h1-35H. The second-order valence-corrected chi connectivity index (χ2v) is 15.4. The van der Waals surface area contributed by atoms with Crippen molar-refractivity contribution in [3.05, 3.63) is 235 Å². The van der Waals surface area contributed by atoms with Crippen molar-refractivity contribution in [1.29, 1.82) is 0 Å². The fraction of sp³-hybridized carbons (Fsp3) is 0.0179. The zero-order valence-corrected chi connectivity index (χ0v) is 31.2. The zero-order valence-electron chi connectivity index (χ0n) is 31.2. The zero-order chi connectivity index (χ0) is 37.5. The second-order valence-electron chi connectivity index (χ2n) is 15.4. The number of rotatable bonds is 4. The molecule has 10 aromatic rings. The molecule has 12 rings (SSSR count). The van der Waals surface area contributed by atoms with Crippen LogP contribution in [0.15, 0.2) is 212 Å². The number of pyridine rings is 1. The number of aromatic nitrogens is 1. The monoisotopic (exact) mass is 721 g/mol. The van der Waals surface area contributed by atoms with Gasteiger partial charge in [-0.2, -0.15) is 0 Å². The number of nitrogens with zero attached hydrogens (tertiary/aromatic N) is 1. The molecule has 57 heavy (non-hydrogen) atoms. The smallest absolute Gasteiger partial charge is 0.0725 e. The summed E-state index contributed by atoms with van der Waals surface area (Å²) in [5.74, 6) is 0. The first-order chi connectivity index (χ1) is 28.3. The minimum absolute atomic E-state index is 0.348. The van der Waals surface area contributed by atoms with Gasteiger partial charge >= 0.3 is 0 Å². The summed E-state index contributed by atoms with van der Waals surface area (Å²) in [4.78, 5) is 5.08. The Kier molecular flexibility index (Phi) is 6.91. The molecule has 2 aliphatic rings. The third-order valence-corrected chi connectivity index (χ3v) is 12.6. The number of benzene rings is 9. The molecule has 9 aromatic carbocycles. The molecule has 0 N–H and O–H groups in total. The molecule has 1 nitrogen and oxygen atoms in total. The molecule has 0 aliphatic heterocycles. The maximum Gasteiger partial charge on any atom is 0.0725 e. The number of hydrogen-bond acceptors (Lipinski definition) is 1. The van der Waals surface area contributed by atoms with Crippen LogP contribution >= 0.6 is 0 Å². The van der Waals surface area contributed by atoms with Crippen LogP contribution in [0, 0.1) is 0 Å². The Morgan fingerprint density at radius 2 is 0.702 bits per heavy atom. The van der Waals surface area contributed by atoms with E-state index in [2.05, 4.69) is 212 Å². The van der Waals surface area contributed by atoms with Crippen molar-refractivity contribution in [3.8, 4) is 66.9 Å². The van der Waals surface area contributed by atoms with E-state index >= 15 is 0 Å². The van der Waals surface area contributed by atoms with Crippen LogP contribution in [0.1, 0.15) is 22.3 Å². The van der Waals surface area contributed by atoms with Crippen molar-refractivity contribution >= 4 is 21.5 Å². The van der Waals surface area contributed by atoms with Crippen molar-refractivity contribution < 1.29 is 0 Å². The van der Waals surface area contributed by atoms with Crippen molar-refractivity contribution in [2.45, 2.75) is 5.41 Å². The van der Waals surface area contributed by atoms with Gasteiger partial charge in [-0.05, 0) is 106 Å². The summed E-state index contributed by atoms with van der Waals surface area (Å²) in [5, 5.41) is 4.97. The Bertz CT molecular complexity index is 3090. The molecule has 0 bridgehead atoms. The molecule has 1 spiro atoms. The number of fused-ring (bicyclic) bond motifs is 12. The average molecular weight is 722 g/mol. The SMILES string of the molecule is c1ccc(-c2c3ccccc3c(-c3ccc(-c4ccc(-c5ccc6c(c5)C5(c7ccccc7-c7ccccc75)c5ccccc5-6)cc4)nc3)c3ccccc23)cc1. The normalized spacial score (nSPS) is 13.1. The van der Waals surface area contributed by atoms with Gasteiger partial charge in [0.2, 0.25) is 0 Å². The van der Waals surface area contributed by atoms with Crippen LogP contribution in [-0.2, 0) is 5.41 Å². The van der Waals surface area contributed by atoms with Crippen LogP contribution in [0.4, 0.5) is 0 Å². The molecule has 1 heterocycles. The fourth-order valence-corrected chi connectivity index (χ4v) is 10.2. The Balaban J connectivity index is 0.931. The van der Waals surface area contributed by atoms with Crippen LogP contribution in [0.3, 0.4) is 0 Å². The molecule has 0 radical (unpaired) electrons. The molecule has 0 atom stereocenters. The van der Waals surface area contributed by atoms with Gasteiger partial charge in [0, 0.05) is 17.3 Å². The highest BCUT2D eigenvalue weighted by atomic mass is 14.7. The quantitative estimate of drug-likeness (QED) is 0.165. The van der Waals surface area contributed by atoms with Crippen molar-refractivity contribution in [1.82, 2.24) is 4.98 Å². The molecule has 0 unspecified atom stereocenters. The van der Waals surface area contributed by atoms with Gasteiger partial charge in [-0.1, -0.05) is 194 Å². The second kappa shape index (κ2) is 12.3. The van der Waals surface area contributed by atoms with E-state index in [1.54, 1.807) is 0 Å². The van der Waals surface area contributed by atoms with Gasteiger partial charge in [0.1, 0.15) is 0 Å². The lowest BCUT2D eigenvalue weighted by Crippen LogP contribution is -2.25. The van der Waals surface area contributed by atoms with E-state index < -0.39 is 0 Å². The first kappa shape index (κ1) is 31.9. The molecular weight excluding hydrogens is 687 g/mol. The summed E-state index contributed by atoms with van der Waals surface area (Å²) in [6.07, 6.45) is 2.05. The molecule has 0 fully saturated rings. The first-order valence-corrected chi connectivity index (χ1v) is 19.8. The molecule has 2 aliphatic carbocycles. The van der Waals surface area contributed by atoms with Gasteiger partial charge in [-0.15, -0.1) is 0 Å². The van der Waals surface area contributed by atoms with Crippen molar-refractivity contribution in [2.24, 2.45) is 0 Å². The van der Waals surface area contributed by atoms with E-state index in [0.717, 1.165) is 16.8 Å². The Hall–Kier alpha value is -7.35. The van der Waals surface area contributed by atoms with Crippen molar-refractivity contribution in [3.63, 3.8) is 0 Å². The predicted molar refractivity (Wildman–Crippen MR) is 237 cm³/mol. The summed E-state index contributed by atoms with van der Waals surface area (Å²) >= 11 is 0. The molecule has 264 valence electrons. The van der Waals surface area contributed by atoms with Crippen molar-refractivity contribution in [2.75, 3.05) is 0 Å². The molecule has 1 aromatic heterocycles. The molecule has 1 heteroatoms. The van der Waals surface area contributed by atoms with Crippen LogP contribution in [-0.4, -0.2) is 4.98 Å². The highest BCUT2D eigenvalue weighted by Gasteiger charge is 2.51. The van der Waals surface area contributed by atoms with E-state index in [9.17, 15) is 0 Å². The highest BCUT2D eigenvalue weighted by Crippen LogP contribution is 2.63. The van der Waals surface area contributed by atoms with E-state index in [4.69, 9.17) is 4.98 Å². The summed E-state index contributed by atoms with van der Waals surface area (Å²) in [6.45, 7) is 0. The maximum atomic E-state index is 5.08. The topological polar surface area (TPSA) is 12.9 Å².